The molecule has 0 aromatic carbocycles. The second-order valence-electron chi connectivity index (χ2n) is 4.89. The predicted molar refractivity (Wildman–Crippen MR) is 89.1 cm³/mol. The van der Waals surface area contributed by atoms with Gasteiger partial charge in [-0.2, -0.15) is 17.6 Å². The highest BCUT2D eigenvalue weighted by atomic mass is 35.5. The number of aromatic amines is 2. The van der Waals surface area contributed by atoms with Crippen LogP contribution in [-0.4, -0.2) is 27.0 Å². The van der Waals surface area contributed by atoms with Crippen LogP contribution in [0.3, 0.4) is 0 Å². The van der Waals surface area contributed by atoms with Gasteiger partial charge in [0, 0.05) is 0 Å². The first-order valence-corrected chi connectivity index (χ1v) is 7.54. The smallest absolute Gasteiger partial charge is 0.362 e. The molecule has 152 valence electrons. The number of carboxylic acid groups (broad SMARTS) is 1. The van der Waals surface area contributed by atoms with Gasteiger partial charge in [0.25, 0.3) is 17.0 Å². The number of hydrogen-bond acceptors (Lipinski definition) is 4. The summed E-state index contributed by atoms with van der Waals surface area (Å²) in [6.45, 7) is 0. The number of amides is 1. The third-order valence-corrected chi connectivity index (χ3v) is 3.33. The van der Waals surface area contributed by atoms with Gasteiger partial charge >= 0.3 is 16.7 Å². The second-order valence-corrected chi connectivity index (χ2v) is 5.84. The van der Waals surface area contributed by atoms with E-state index in [0.717, 1.165) is 24.3 Å². The molecule has 0 aliphatic rings. The number of rotatable bonds is 4. The van der Waals surface area contributed by atoms with Gasteiger partial charge in [0.1, 0.15) is 22.5 Å². The Morgan fingerprint density at radius 1 is 0.857 bits per heavy atom. The molecule has 0 spiro atoms. The monoisotopic (exact) mass is 445 g/mol. The van der Waals surface area contributed by atoms with Crippen molar-refractivity contribution in [3.05, 3.63) is 67.5 Å². The van der Waals surface area contributed by atoms with E-state index in [1.54, 1.807) is 9.97 Å². The molecule has 0 saturated carbocycles. The molecule has 0 aliphatic carbocycles. The molecule has 0 radical (unpaired) electrons. The number of aromatic carboxylic acids is 1. The van der Waals surface area contributed by atoms with Crippen molar-refractivity contribution in [2.45, 2.75) is 10.8 Å². The van der Waals surface area contributed by atoms with E-state index in [1.807, 2.05) is 0 Å². The topological polar surface area (TPSA) is 146 Å². The number of carbonyl (C=O) groups excluding carboxylic acids is 1. The molecule has 5 N–H and O–H groups in total. The minimum atomic E-state index is -3.71. The highest BCUT2D eigenvalue weighted by Gasteiger charge is 2.30. The van der Waals surface area contributed by atoms with Gasteiger partial charge < -0.3 is 20.8 Å². The summed E-state index contributed by atoms with van der Waals surface area (Å²) >= 11 is 9.25. The normalized spacial score (nSPS) is 11.4. The van der Waals surface area contributed by atoms with Crippen molar-refractivity contribution < 1.29 is 32.3 Å². The Morgan fingerprint density at radius 3 is 1.46 bits per heavy atom. The predicted octanol–water partition coefficient (Wildman–Crippen LogP) is 2.12. The maximum atomic E-state index is 12.4. The number of primary amides is 1. The van der Waals surface area contributed by atoms with Crippen molar-refractivity contribution in [3.63, 3.8) is 0 Å². The number of hydrogen-bond donors (Lipinski definition) is 4. The van der Waals surface area contributed by atoms with Crippen LogP contribution < -0.4 is 16.9 Å². The molecule has 2 aromatic heterocycles. The third-order valence-electron chi connectivity index (χ3n) is 2.93. The van der Waals surface area contributed by atoms with E-state index in [4.69, 9.17) is 10.8 Å². The molecule has 2 heterocycles. The number of carbonyl (C=O) groups is 2. The molecule has 0 aliphatic heterocycles. The summed E-state index contributed by atoms with van der Waals surface area (Å²) in [5.74, 6) is -2.48. The maximum absolute atomic E-state index is 12.4. The Bertz CT molecular complexity index is 930. The lowest BCUT2D eigenvalue weighted by Crippen LogP contribution is -2.25. The van der Waals surface area contributed by atoms with E-state index < -0.39 is 56.3 Å². The quantitative estimate of drug-likeness (QED) is 0.420. The van der Waals surface area contributed by atoms with Crippen molar-refractivity contribution in [2.75, 3.05) is 0 Å². The number of pyridine rings is 2. The maximum Gasteiger partial charge on any atom is 0.362 e. The average molecular weight is 446 g/mol. The molecule has 28 heavy (non-hydrogen) atoms. The van der Waals surface area contributed by atoms with Gasteiger partial charge in [-0.1, -0.05) is 0 Å². The Balaban J connectivity index is 0.000000280. The lowest BCUT2D eigenvalue weighted by Gasteiger charge is -2.07. The zero-order chi connectivity index (χ0) is 21.9. The molecule has 1 amide bonds. The highest BCUT2D eigenvalue weighted by molar-refractivity contribution is 6.21. The molecular formula is C14H9Cl2F4N3O5. The number of carboxylic acids is 1. The molecule has 8 nitrogen and oxygen atoms in total. The van der Waals surface area contributed by atoms with Gasteiger partial charge in [0.2, 0.25) is 0 Å². The first kappa shape index (κ1) is 23.2. The number of halogens is 6. The van der Waals surface area contributed by atoms with Crippen LogP contribution in [0.2, 0.25) is 0 Å². The summed E-state index contributed by atoms with van der Waals surface area (Å²) in [5.41, 5.74) is 0.0566. The van der Waals surface area contributed by atoms with Crippen molar-refractivity contribution in [1.82, 2.24) is 9.97 Å². The molecule has 0 saturated heterocycles. The molecule has 0 unspecified atom stereocenters. The minimum Gasteiger partial charge on any atom is -0.477 e. The lowest BCUT2D eigenvalue weighted by molar-refractivity contribution is 0.0690. The molecular weight excluding hydrogens is 437 g/mol. The number of H-pyrrole nitrogens is 2. The van der Waals surface area contributed by atoms with E-state index >= 15 is 0 Å². The van der Waals surface area contributed by atoms with Gasteiger partial charge in [-0.25, -0.2) is 4.79 Å². The number of alkyl halides is 6. The van der Waals surface area contributed by atoms with Crippen LogP contribution in [0.5, 0.6) is 0 Å². The van der Waals surface area contributed by atoms with Crippen LogP contribution in [-0.2, 0) is 10.8 Å². The van der Waals surface area contributed by atoms with E-state index in [0.29, 0.717) is 0 Å². The van der Waals surface area contributed by atoms with Crippen molar-refractivity contribution in [1.29, 1.82) is 0 Å². The van der Waals surface area contributed by atoms with Crippen LogP contribution in [0, 0.1) is 0 Å². The van der Waals surface area contributed by atoms with Crippen LogP contribution in [0.4, 0.5) is 17.6 Å². The summed E-state index contributed by atoms with van der Waals surface area (Å²) < 4.78 is 49.7. The third kappa shape index (κ3) is 6.09. The molecule has 14 heteroatoms. The van der Waals surface area contributed by atoms with E-state index in [2.05, 4.69) is 23.2 Å². The van der Waals surface area contributed by atoms with Crippen LogP contribution in [0.15, 0.2) is 33.9 Å². The zero-order valence-electron chi connectivity index (χ0n) is 13.2. The van der Waals surface area contributed by atoms with E-state index in [-0.39, 0.29) is 0 Å². The van der Waals surface area contributed by atoms with Gasteiger partial charge in [-0.05, 0) is 47.5 Å². The van der Waals surface area contributed by atoms with Crippen LogP contribution in [0.25, 0.3) is 0 Å². The van der Waals surface area contributed by atoms with Gasteiger partial charge in [-0.3, -0.25) is 14.4 Å². The first-order chi connectivity index (χ1) is 12.6. The van der Waals surface area contributed by atoms with Gasteiger partial charge in [-0.15, -0.1) is 0 Å². The highest BCUT2D eigenvalue weighted by Crippen LogP contribution is 2.30. The van der Waals surface area contributed by atoms with Gasteiger partial charge in [0.05, 0.1) is 0 Å². The largest absolute Gasteiger partial charge is 0.477 e. The van der Waals surface area contributed by atoms with Crippen LogP contribution in [0.1, 0.15) is 32.1 Å². The molecule has 2 aromatic rings. The summed E-state index contributed by atoms with van der Waals surface area (Å²) in [6, 6.07) is 3.24. The summed E-state index contributed by atoms with van der Waals surface area (Å²) in [4.78, 5) is 46.2. The standard InChI is InChI=1S/C7H5ClF2N2O2.C7H4ClF2NO3/c8-7(9,10)4-2-1-3(5(11)13)6(14)12-4;8-7(9,10)4-2-1-3(6(13)14)5(12)11-4/h1-2H,(H2,11,13)(H,12,14);1-2H,(H,11,12)(H,13,14). The van der Waals surface area contributed by atoms with Crippen molar-refractivity contribution in [2.24, 2.45) is 5.73 Å². The SMILES string of the molecule is NC(=O)c1ccc(C(F)(F)Cl)[nH]c1=O.O=C(O)c1ccc(C(F)(F)Cl)[nH]c1=O. The molecule has 0 atom stereocenters. The van der Waals surface area contributed by atoms with E-state index in [1.165, 1.54) is 0 Å². The van der Waals surface area contributed by atoms with Crippen molar-refractivity contribution in [3.8, 4) is 0 Å². The Labute approximate surface area is 161 Å². The number of nitrogens with one attached hydrogen (secondary N) is 2. The minimum absolute atomic E-state index is 0.394. The Kier molecular flexibility index (Phi) is 6.99. The van der Waals surface area contributed by atoms with Crippen molar-refractivity contribution >= 4 is 35.1 Å². The second kappa shape index (κ2) is 8.44. The summed E-state index contributed by atoms with van der Waals surface area (Å²) in [6.07, 6.45) is 0. The summed E-state index contributed by atoms with van der Waals surface area (Å²) in [5, 5.41) is 1.04. The van der Waals surface area contributed by atoms with Gasteiger partial charge in [0.15, 0.2) is 0 Å². The lowest BCUT2D eigenvalue weighted by atomic mass is 10.2. The number of aromatic nitrogens is 2. The fourth-order valence-corrected chi connectivity index (χ4v) is 1.86. The fraction of sp³-hybridized carbons (Fsp3) is 0.143. The molecule has 2 rings (SSSR count). The average Bonchev–Trinajstić information content (AvgIpc) is 2.52. The molecule has 0 bridgehead atoms. The Morgan fingerprint density at radius 2 is 1.21 bits per heavy atom. The fourth-order valence-electron chi connectivity index (χ4n) is 1.64. The molecule has 0 fully saturated rings. The van der Waals surface area contributed by atoms with Crippen LogP contribution >= 0.6 is 23.2 Å². The first-order valence-electron chi connectivity index (χ1n) is 6.78. The Hall–Kier alpha value is -2.86. The summed E-state index contributed by atoms with van der Waals surface area (Å²) in [7, 11) is 0. The zero-order valence-corrected chi connectivity index (χ0v) is 14.7. The van der Waals surface area contributed by atoms with E-state index in [9.17, 15) is 36.7 Å². The number of nitrogens with two attached hydrogens (primary N) is 1.